The Morgan fingerprint density at radius 1 is 1.41 bits per heavy atom. The van der Waals surface area contributed by atoms with Gasteiger partial charge in [-0.2, -0.15) is 4.98 Å². The number of aromatic nitrogens is 4. The number of hydrogen-bond acceptors (Lipinski definition) is 9. The minimum atomic E-state index is 0.0580. The second-order valence-electron chi connectivity index (χ2n) is 4.71. The van der Waals surface area contributed by atoms with Crippen molar-refractivity contribution >= 4 is 28.2 Å². The van der Waals surface area contributed by atoms with Gasteiger partial charge in [0.05, 0.1) is 11.9 Å². The number of anilines is 1. The van der Waals surface area contributed by atoms with E-state index in [9.17, 15) is 0 Å². The molecule has 1 unspecified atom stereocenters. The van der Waals surface area contributed by atoms with Crippen molar-refractivity contribution in [1.82, 2.24) is 20.3 Å². The second-order valence-corrected chi connectivity index (χ2v) is 7.27. The maximum absolute atomic E-state index is 5.32. The molecule has 22 heavy (non-hydrogen) atoms. The first-order chi connectivity index (χ1) is 10.7. The van der Waals surface area contributed by atoms with Gasteiger partial charge in [-0.3, -0.25) is 0 Å². The molecule has 0 fully saturated rings. The molecule has 1 atom stereocenters. The van der Waals surface area contributed by atoms with E-state index < -0.39 is 0 Å². The third kappa shape index (κ3) is 5.22. The molecular formula is C13H21N5O2S2. The Balaban J connectivity index is 1.85. The number of aryl methyl sites for hydroxylation is 1. The van der Waals surface area contributed by atoms with Gasteiger partial charge in [0.15, 0.2) is 10.2 Å². The predicted molar refractivity (Wildman–Crippen MR) is 87.5 cm³/mol. The Morgan fingerprint density at radius 2 is 2.27 bits per heavy atom. The van der Waals surface area contributed by atoms with E-state index >= 15 is 0 Å². The molecule has 0 saturated carbocycles. The van der Waals surface area contributed by atoms with Gasteiger partial charge in [-0.15, -0.1) is 10.2 Å². The highest BCUT2D eigenvalue weighted by Crippen LogP contribution is 2.36. The Labute approximate surface area is 138 Å². The van der Waals surface area contributed by atoms with E-state index in [1.807, 2.05) is 6.92 Å². The molecule has 2 aromatic rings. The Bertz CT molecular complexity index is 560. The number of unbranched alkanes of at least 4 members (excludes halogenated alkanes) is 1. The molecule has 0 bridgehead atoms. The van der Waals surface area contributed by atoms with Crippen LogP contribution in [0.4, 0.5) is 5.13 Å². The summed E-state index contributed by atoms with van der Waals surface area (Å²) in [5, 5.41) is 16.3. The van der Waals surface area contributed by atoms with Gasteiger partial charge in [-0.25, -0.2) is 0 Å². The zero-order valence-corrected chi connectivity index (χ0v) is 14.7. The van der Waals surface area contributed by atoms with E-state index in [2.05, 4.69) is 32.6 Å². The lowest BCUT2D eigenvalue weighted by atomic mass is 10.2. The fourth-order valence-electron chi connectivity index (χ4n) is 1.66. The van der Waals surface area contributed by atoms with Crippen molar-refractivity contribution in [1.29, 1.82) is 0 Å². The number of nitrogens with zero attached hydrogens (tertiary/aromatic N) is 4. The first-order valence-corrected chi connectivity index (χ1v) is 8.98. The van der Waals surface area contributed by atoms with E-state index in [4.69, 9.17) is 9.26 Å². The molecular weight excluding hydrogens is 322 g/mol. The SMILES string of the molecule is CCCCc1noc(C(C)Sc2nnc(NCCOC)s2)n1. The summed E-state index contributed by atoms with van der Waals surface area (Å²) in [7, 11) is 1.67. The van der Waals surface area contributed by atoms with Gasteiger partial charge in [0.25, 0.3) is 0 Å². The number of methoxy groups -OCH3 is 1. The number of hydrogen-bond donors (Lipinski definition) is 1. The number of rotatable bonds is 10. The van der Waals surface area contributed by atoms with E-state index in [1.54, 1.807) is 18.9 Å². The smallest absolute Gasteiger partial charge is 0.239 e. The quantitative estimate of drug-likeness (QED) is 0.520. The molecule has 9 heteroatoms. The number of thioether (sulfide) groups is 1. The van der Waals surface area contributed by atoms with Crippen LogP contribution >= 0.6 is 23.1 Å². The molecule has 0 spiro atoms. The van der Waals surface area contributed by atoms with Gasteiger partial charge in [0.2, 0.25) is 11.0 Å². The van der Waals surface area contributed by atoms with Crippen LogP contribution in [-0.2, 0) is 11.2 Å². The summed E-state index contributed by atoms with van der Waals surface area (Å²) in [5.41, 5.74) is 0. The van der Waals surface area contributed by atoms with Crippen LogP contribution in [0.3, 0.4) is 0 Å². The maximum Gasteiger partial charge on any atom is 0.239 e. The lowest BCUT2D eigenvalue weighted by Gasteiger charge is -2.01. The monoisotopic (exact) mass is 343 g/mol. The minimum absolute atomic E-state index is 0.0580. The van der Waals surface area contributed by atoms with Crippen LogP contribution in [0, 0.1) is 0 Å². The zero-order chi connectivity index (χ0) is 15.8. The van der Waals surface area contributed by atoms with E-state index in [1.165, 1.54) is 11.3 Å². The molecule has 122 valence electrons. The molecule has 7 nitrogen and oxygen atoms in total. The molecule has 1 N–H and O–H groups in total. The van der Waals surface area contributed by atoms with Crippen molar-refractivity contribution in [2.75, 3.05) is 25.6 Å². The highest BCUT2D eigenvalue weighted by molar-refractivity contribution is 8.01. The van der Waals surface area contributed by atoms with E-state index in [0.717, 1.165) is 41.1 Å². The zero-order valence-electron chi connectivity index (χ0n) is 13.0. The highest BCUT2D eigenvalue weighted by atomic mass is 32.2. The van der Waals surface area contributed by atoms with Gasteiger partial charge < -0.3 is 14.6 Å². The van der Waals surface area contributed by atoms with Gasteiger partial charge in [-0.05, 0) is 13.3 Å². The largest absolute Gasteiger partial charge is 0.383 e. The normalized spacial score (nSPS) is 12.5. The molecule has 0 aliphatic carbocycles. The van der Waals surface area contributed by atoms with Crippen molar-refractivity contribution < 1.29 is 9.26 Å². The average Bonchev–Trinajstić information content (AvgIpc) is 3.15. The minimum Gasteiger partial charge on any atom is -0.383 e. The van der Waals surface area contributed by atoms with Gasteiger partial charge in [0, 0.05) is 20.1 Å². The highest BCUT2D eigenvalue weighted by Gasteiger charge is 2.17. The lowest BCUT2D eigenvalue weighted by molar-refractivity contribution is 0.211. The van der Waals surface area contributed by atoms with Crippen molar-refractivity contribution in [2.24, 2.45) is 0 Å². The summed E-state index contributed by atoms with van der Waals surface area (Å²) in [6.45, 7) is 5.53. The average molecular weight is 343 g/mol. The Morgan fingerprint density at radius 3 is 3.05 bits per heavy atom. The fourth-order valence-corrected chi connectivity index (χ4v) is 3.61. The van der Waals surface area contributed by atoms with E-state index in [0.29, 0.717) is 12.5 Å². The first-order valence-electron chi connectivity index (χ1n) is 7.28. The molecule has 0 saturated heterocycles. The van der Waals surface area contributed by atoms with Crippen LogP contribution in [0.1, 0.15) is 43.7 Å². The van der Waals surface area contributed by atoms with Gasteiger partial charge >= 0.3 is 0 Å². The first kappa shape index (κ1) is 17.2. The summed E-state index contributed by atoms with van der Waals surface area (Å²) in [4.78, 5) is 4.44. The molecule has 0 aliphatic heterocycles. The van der Waals surface area contributed by atoms with Crippen LogP contribution in [-0.4, -0.2) is 40.6 Å². The van der Waals surface area contributed by atoms with Crippen molar-refractivity contribution in [3.8, 4) is 0 Å². The fraction of sp³-hybridized carbons (Fsp3) is 0.692. The molecule has 0 aliphatic rings. The summed E-state index contributed by atoms with van der Waals surface area (Å²) < 4.78 is 11.2. The molecule has 0 radical (unpaired) electrons. The second kappa shape index (κ2) is 9.06. The summed E-state index contributed by atoms with van der Waals surface area (Å²) >= 11 is 3.08. The Kier molecular flexibility index (Phi) is 7.07. The topological polar surface area (TPSA) is 86.0 Å². The maximum atomic E-state index is 5.32. The summed E-state index contributed by atoms with van der Waals surface area (Å²) in [5.74, 6) is 1.42. The summed E-state index contributed by atoms with van der Waals surface area (Å²) in [6.07, 6.45) is 3.06. The van der Waals surface area contributed by atoms with Crippen LogP contribution in [0.5, 0.6) is 0 Å². The van der Waals surface area contributed by atoms with Crippen LogP contribution in [0.25, 0.3) is 0 Å². The predicted octanol–water partition coefficient (Wildman–Crippen LogP) is 3.18. The van der Waals surface area contributed by atoms with Crippen molar-refractivity contribution in [3.63, 3.8) is 0 Å². The molecule has 2 aromatic heterocycles. The van der Waals surface area contributed by atoms with Crippen LogP contribution < -0.4 is 5.32 Å². The third-order valence-electron chi connectivity index (χ3n) is 2.85. The third-order valence-corrected chi connectivity index (χ3v) is 4.90. The van der Waals surface area contributed by atoms with Crippen LogP contribution in [0.15, 0.2) is 8.86 Å². The van der Waals surface area contributed by atoms with Crippen LogP contribution in [0.2, 0.25) is 0 Å². The lowest BCUT2D eigenvalue weighted by Crippen LogP contribution is -2.06. The summed E-state index contributed by atoms with van der Waals surface area (Å²) in [6, 6.07) is 0. The molecule has 2 heterocycles. The van der Waals surface area contributed by atoms with Gasteiger partial charge in [0.1, 0.15) is 0 Å². The molecule has 0 amide bonds. The number of ether oxygens (including phenoxy) is 1. The molecule has 2 rings (SSSR count). The number of nitrogens with one attached hydrogen (secondary N) is 1. The van der Waals surface area contributed by atoms with E-state index in [-0.39, 0.29) is 5.25 Å². The van der Waals surface area contributed by atoms with Crippen molar-refractivity contribution in [3.05, 3.63) is 11.7 Å². The van der Waals surface area contributed by atoms with Gasteiger partial charge in [-0.1, -0.05) is 41.6 Å². The van der Waals surface area contributed by atoms with Crippen molar-refractivity contribution in [2.45, 2.75) is 42.7 Å². The Hall–Kier alpha value is -1.19. The standard InChI is InChI=1S/C13H21N5O2S2/c1-4-5-6-10-15-11(20-18-10)9(2)21-13-17-16-12(22-13)14-7-8-19-3/h9H,4-8H2,1-3H3,(H,14,16). The molecule has 0 aromatic carbocycles.